The van der Waals surface area contributed by atoms with Crippen molar-refractivity contribution in [1.82, 2.24) is 4.90 Å². The van der Waals surface area contributed by atoms with Crippen molar-refractivity contribution in [3.05, 3.63) is 96.1 Å². The highest BCUT2D eigenvalue weighted by atomic mass is 16.5. The molecule has 0 fully saturated rings. The number of amides is 1. The molecule has 27 heavy (non-hydrogen) atoms. The molecule has 4 nitrogen and oxygen atoms in total. The zero-order chi connectivity index (χ0) is 19.1. The molecule has 0 aromatic heterocycles. The van der Waals surface area contributed by atoms with Gasteiger partial charge in [-0.25, -0.2) is 0 Å². The Labute approximate surface area is 160 Å². The molecule has 0 heterocycles. The lowest BCUT2D eigenvalue weighted by molar-refractivity contribution is -0.117. The van der Waals surface area contributed by atoms with Crippen molar-refractivity contribution in [1.29, 1.82) is 0 Å². The first-order valence-electron chi connectivity index (χ1n) is 8.91. The van der Waals surface area contributed by atoms with E-state index in [0.29, 0.717) is 5.75 Å². The smallest absolute Gasteiger partial charge is 0.238 e. The van der Waals surface area contributed by atoms with E-state index in [2.05, 4.69) is 34.5 Å². The summed E-state index contributed by atoms with van der Waals surface area (Å²) in [4.78, 5) is 14.7. The van der Waals surface area contributed by atoms with Crippen LogP contribution in [0.3, 0.4) is 0 Å². The van der Waals surface area contributed by atoms with Crippen molar-refractivity contribution in [2.24, 2.45) is 0 Å². The molecule has 3 aromatic carbocycles. The molecule has 0 spiro atoms. The molecule has 3 rings (SSSR count). The minimum absolute atomic E-state index is 0.00320. The van der Waals surface area contributed by atoms with Crippen LogP contribution in [0.2, 0.25) is 0 Å². The number of anilines is 1. The van der Waals surface area contributed by atoms with Crippen LogP contribution in [0.15, 0.2) is 84.9 Å². The van der Waals surface area contributed by atoms with Gasteiger partial charge >= 0.3 is 0 Å². The van der Waals surface area contributed by atoms with Gasteiger partial charge in [0.25, 0.3) is 0 Å². The summed E-state index contributed by atoms with van der Waals surface area (Å²) in [5.41, 5.74) is 3.03. The van der Waals surface area contributed by atoms with Crippen molar-refractivity contribution < 1.29 is 9.53 Å². The lowest BCUT2D eigenvalue weighted by atomic mass is 9.97. The summed E-state index contributed by atoms with van der Waals surface area (Å²) in [6.07, 6.45) is 0. The maximum atomic E-state index is 12.6. The van der Waals surface area contributed by atoms with E-state index in [1.165, 1.54) is 0 Å². The van der Waals surface area contributed by atoms with Gasteiger partial charge in [0.15, 0.2) is 0 Å². The van der Waals surface area contributed by atoms with Crippen molar-refractivity contribution in [3.8, 4) is 5.75 Å². The Bertz CT molecular complexity index is 826. The van der Waals surface area contributed by atoms with Crippen LogP contribution in [0.4, 0.5) is 5.69 Å². The van der Waals surface area contributed by atoms with E-state index in [0.717, 1.165) is 16.8 Å². The van der Waals surface area contributed by atoms with Gasteiger partial charge in [-0.05, 0) is 30.3 Å². The normalized spacial score (nSPS) is 10.8. The average molecular weight is 360 g/mol. The molecular weight excluding hydrogens is 336 g/mol. The Balaban J connectivity index is 1.76. The van der Waals surface area contributed by atoms with E-state index in [4.69, 9.17) is 4.74 Å². The number of nitrogens with zero attached hydrogens (tertiary/aromatic N) is 1. The zero-order valence-corrected chi connectivity index (χ0v) is 15.6. The Morgan fingerprint density at radius 2 is 1.52 bits per heavy atom. The summed E-state index contributed by atoms with van der Waals surface area (Å²) >= 11 is 0. The summed E-state index contributed by atoms with van der Waals surface area (Å²) < 4.78 is 5.21. The minimum atomic E-state index is -0.0670. The molecule has 1 amide bonds. The first-order chi connectivity index (χ1) is 13.2. The third kappa shape index (κ3) is 4.96. The van der Waals surface area contributed by atoms with Crippen LogP contribution in [-0.2, 0) is 4.79 Å². The van der Waals surface area contributed by atoms with Gasteiger partial charge in [-0.1, -0.05) is 66.7 Å². The van der Waals surface area contributed by atoms with Gasteiger partial charge in [-0.15, -0.1) is 0 Å². The van der Waals surface area contributed by atoms with E-state index < -0.39 is 0 Å². The molecule has 0 unspecified atom stereocenters. The number of ether oxygens (including phenoxy) is 1. The molecule has 138 valence electrons. The highest BCUT2D eigenvalue weighted by Gasteiger charge is 2.21. The molecule has 1 N–H and O–H groups in total. The van der Waals surface area contributed by atoms with Crippen LogP contribution in [0.1, 0.15) is 17.2 Å². The first-order valence-corrected chi connectivity index (χ1v) is 8.91. The van der Waals surface area contributed by atoms with Crippen LogP contribution in [0.25, 0.3) is 0 Å². The van der Waals surface area contributed by atoms with E-state index in [-0.39, 0.29) is 18.5 Å². The summed E-state index contributed by atoms with van der Waals surface area (Å²) in [7, 11) is 3.58. The van der Waals surface area contributed by atoms with Crippen molar-refractivity contribution in [3.63, 3.8) is 0 Å². The molecule has 0 aliphatic carbocycles. The van der Waals surface area contributed by atoms with Crippen molar-refractivity contribution in [2.45, 2.75) is 6.04 Å². The molecule has 0 saturated heterocycles. The van der Waals surface area contributed by atoms with Gasteiger partial charge in [-0.2, -0.15) is 0 Å². The van der Waals surface area contributed by atoms with E-state index >= 15 is 0 Å². The number of methoxy groups -OCH3 is 1. The molecule has 3 aromatic rings. The van der Waals surface area contributed by atoms with Crippen molar-refractivity contribution >= 4 is 11.6 Å². The fourth-order valence-corrected chi connectivity index (χ4v) is 3.19. The number of hydrogen-bond donors (Lipinski definition) is 1. The number of benzene rings is 3. The number of likely N-dealkylation sites (N-methyl/N-ethyl adjacent to an activating group) is 1. The third-order valence-corrected chi connectivity index (χ3v) is 4.42. The Morgan fingerprint density at radius 3 is 2.07 bits per heavy atom. The molecule has 0 atom stereocenters. The average Bonchev–Trinajstić information content (AvgIpc) is 2.70. The second-order valence-electron chi connectivity index (χ2n) is 6.42. The van der Waals surface area contributed by atoms with Gasteiger partial charge < -0.3 is 10.1 Å². The number of carbonyl (C=O) groups is 1. The molecule has 4 heteroatoms. The van der Waals surface area contributed by atoms with Crippen LogP contribution in [0, 0.1) is 0 Å². The van der Waals surface area contributed by atoms with E-state index in [1.54, 1.807) is 7.11 Å². The SMILES string of the molecule is COc1cccc(NC(=O)CN(C)C(c2ccccc2)c2ccccc2)c1. The van der Waals surface area contributed by atoms with Crippen LogP contribution >= 0.6 is 0 Å². The number of rotatable bonds is 7. The van der Waals surface area contributed by atoms with Crippen LogP contribution in [-0.4, -0.2) is 31.5 Å². The van der Waals surface area contributed by atoms with Gasteiger partial charge in [0.05, 0.1) is 19.7 Å². The van der Waals surface area contributed by atoms with E-state index in [1.807, 2.05) is 67.7 Å². The molecule has 0 aliphatic rings. The fourth-order valence-electron chi connectivity index (χ4n) is 3.19. The van der Waals surface area contributed by atoms with Crippen LogP contribution in [0.5, 0.6) is 5.75 Å². The maximum absolute atomic E-state index is 12.6. The number of nitrogens with one attached hydrogen (secondary N) is 1. The Morgan fingerprint density at radius 1 is 0.926 bits per heavy atom. The lowest BCUT2D eigenvalue weighted by Crippen LogP contribution is -2.33. The monoisotopic (exact) mass is 360 g/mol. The largest absolute Gasteiger partial charge is 0.497 e. The fraction of sp³-hybridized carbons (Fsp3) is 0.174. The van der Waals surface area contributed by atoms with Gasteiger partial charge in [-0.3, -0.25) is 9.69 Å². The molecular formula is C23H24N2O2. The lowest BCUT2D eigenvalue weighted by Gasteiger charge is -2.28. The highest BCUT2D eigenvalue weighted by molar-refractivity contribution is 5.92. The van der Waals surface area contributed by atoms with Gasteiger partial charge in [0.1, 0.15) is 5.75 Å². The number of carbonyl (C=O) groups excluding carboxylic acids is 1. The standard InChI is InChI=1S/C23H24N2O2/c1-25(17-22(26)24-20-14-9-15-21(16-20)27-2)23(18-10-5-3-6-11-18)19-12-7-4-8-13-19/h3-16,23H,17H2,1-2H3,(H,24,26). The van der Waals surface area contributed by atoms with Crippen LogP contribution < -0.4 is 10.1 Å². The zero-order valence-electron chi connectivity index (χ0n) is 15.6. The molecule has 0 saturated carbocycles. The van der Waals surface area contributed by atoms with E-state index in [9.17, 15) is 4.79 Å². The Kier molecular flexibility index (Phi) is 6.23. The highest BCUT2D eigenvalue weighted by Crippen LogP contribution is 2.27. The predicted molar refractivity (Wildman–Crippen MR) is 109 cm³/mol. The second kappa shape index (κ2) is 9.01. The van der Waals surface area contributed by atoms with Crippen molar-refractivity contribution in [2.75, 3.05) is 26.0 Å². The first kappa shape index (κ1) is 18.7. The number of hydrogen-bond acceptors (Lipinski definition) is 3. The summed E-state index contributed by atoms with van der Waals surface area (Å²) in [5.74, 6) is 0.648. The predicted octanol–water partition coefficient (Wildman–Crippen LogP) is 4.36. The van der Waals surface area contributed by atoms with Gasteiger partial charge in [0.2, 0.25) is 5.91 Å². The quantitative estimate of drug-likeness (QED) is 0.681. The minimum Gasteiger partial charge on any atom is -0.497 e. The van der Waals surface area contributed by atoms with Gasteiger partial charge in [0, 0.05) is 11.8 Å². The molecule has 0 bridgehead atoms. The second-order valence-corrected chi connectivity index (χ2v) is 6.42. The topological polar surface area (TPSA) is 41.6 Å². The molecule has 0 radical (unpaired) electrons. The summed E-state index contributed by atoms with van der Waals surface area (Å²) in [6.45, 7) is 0.270. The Hall–Kier alpha value is -3.11. The third-order valence-electron chi connectivity index (χ3n) is 4.42. The summed E-state index contributed by atoms with van der Waals surface area (Å²) in [5, 5.41) is 2.94. The maximum Gasteiger partial charge on any atom is 0.238 e. The molecule has 0 aliphatic heterocycles. The summed E-state index contributed by atoms with van der Waals surface area (Å²) in [6, 6.07) is 27.8.